The van der Waals surface area contributed by atoms with E-state index in [4.69, 9.17) is 0 Å². The molecule has 1 unspecified atom stereocenters. The number of piperazine rings is 1. The maximum absolute atomic E-state index is 12.9. The molecule has 0 radical (unpaired) electrons. The predicted molar refractivity (Wildman–Crippen MR) is 140 cm³/mol. The van der Waals surface area contributed by atoms with Gasteiger partial charge in [-0.05, 0) is 49.8 Å². The van der Waals surface area contributed by atoms with Crippen molar-refractivity contribution in [3.63, 3.8) is 0 Å². The third kappa shape index (κ3) is 5.30. The van der Waals surface area contributed by atoms with Gasteiger partial charge in [0.05, 0.1) is 4.88 Å². The van der Waals surface area contributed by atoms with Crippen molar-refractivity contribution in [1.82, 2.24) is 24.6 Å². The average molecular weight is 510 g/mol. The number of para-hydroxylation sites is 1. The molecule has 0 N–H and O–H groups in total. The van der Waals surface area contributed by atoms with Crippen molar-refractivity contribution in [1.29, 1.82) is 0 Å². The van der Waals surface area contributed by atoms with Crippen LogP contribution in [0.15, 0.2) is 53.0 Å². The van der Waals surface area contributed by atoms with Gasteiger partial charge in [-0.2, -0.15) is 0 Å². The van der Waals surface area contributed by atoms with Gasteiger partial charge in [-0.15, -0.1) is 21.5 Å². The summed E-state index contributed by atoms with van der Waals surface area (Å²) in [5, 5.41) is 11.8. The maximum atomic E-state index is 12.9. The Kier molecular flexibility index (Phi) is 7.53. The van der Waals surface area contributed by atoms with E-state index in [1.165, 1.54) is 0 Å². The number of hydrogen-bond acceptors (Lipinski definition) is 6. The molecule has 1 saturated heterocycles. The normalized spacial score (nSPS) is 18.5. The number of carbonyl (C=O) groups is 2. The minimum absolute atomic E-state index is 0.0928. The van der Waals surface area contributed by atoms with Crippen LogP contribution in [-0.2, 0) is 9.59 Å². The second-order valence-electron chi connectivity index (χ2n) is 9.25. The van der Waals surface area contributed by atoms with Crippen molar-refractivity contribution in [3.8, 4) is 16.4 Å². The van der Waals surface area contributed by atoms with Crippen molar-refractivity contribution in [2.45, 2.75) is 50.2 Å². The van der Waals surface area contributed by atoms with Gasteiger partial charge in [0.15, 0.2) is 11.0 Å². The average Bonchev–Trinajstić information content (AvgIpc) is 3.51. The van der Waals surface area contributed by atoms with Crippen LogP contribution in [0.1, 0.15) is 39.0 Å². The molecule has 1 atom stereocenters. The van der Waals surface area contributed by atoms with Crippen molar-refractivity contribution < 1.29 is 9.59 Å². The van der Waals surface area contributed by atoms with E-state index in [1.807, 2.05) is 39.4 Å². The van der Waals surface area contributed by atoms with Gasteiger partial charge in [0.2, 0.25) is 11.8 Å². The molecule has 2 fully saturated rings. The molecule has 1 aromatic carbocycles. The van der Waals surface area contributed by atoms with Crippen LogP contribution in [-0.4, -0.2) is 67.8 Å². The second kappa shape index (κ2) is 11.0. The van der Waals surface area contributed by atoms with E-state index in [0.717, 1.165) is 53.0 Å². The van der Waals surface area contributed by atoms with E-state index in [1.54, 1.807) is 23.1 Å². The molecule has 2 aliphatic rings. The van der Waals surface area contributed by atoms with Gasteiger partial charge < -0.3 is 9.80 Å². The van der Waals surface area contributed by atoms with Gasteiger partial charge in [0.25, 0.3) is 0 Å². The largest absolute Gasteiger partial charge is 0.339 e. The molecular formula is C26H31N5O2S2. The summed E-state index contributed by atoms with van der Waals surface area (Å²) in [5.41, 5.74) is 1.03. The maximum Gasteiger partial charge on any atom is 0.226 e. The Balaban J connectivity index is 1.15. The lowest BCUT2D eigenvalue weighted by atomic mass is 9.84. The van der Waals surface area contributed by atoms with Crippen LogP contribution in [0.3, 0.4) is 0 Å². The first-order valence-corrected chi connectivity index (χ1v) is 14.2. The zero-order valence-electron chi connectivity index (χ0n) is 20.0. The molecule has 3 aromatic rings. The first-order chi connectivity index (χ1) is 17.1. The molecule has 2 aromatic heterocycles. The minimum Gasteiger partial charge on any atom is -0.339 e. The summed E-state index contributed by atoms with van der Waals surface area (Å²) in [6.07, 6.45) is 4.49. The Morgan fingerprint density at radius 2 is 1.91 bits per heavy atom. The fourth-order valence-electron chi connectivity index (χ4n) is 4.68. The van der Waals surface area contributed by atoms with Gasteiger partial charge >= 0.3 is 0 Å². The Morgan fingerprint density at radius 3 is 2.60 bits per heavy atom. The molecule has 1 aliphatic carbocycles. The molecule has 9 heteroatoms. The van der Waals surface area contributed by atoms with Gasteiger partial charge in [0.1, 0.15) is 0 Å². The summed E-state index contributed by atoms with van der Waals surface area (Å²) >= 11 is 3.28. The summed E-state index contributed by atoms with van der Waals surface area (Å²) in [7, 11) is 0. The van der Waals surface area contributed by atoms with Crippen LogP contribution in [0.25, 0.3) is 16.4 Å². The molecule has 0 spiro atoms. The Morgan fingerprint density at radius 1 is 1.09 bits per heavy atom. The van der Waals surface area contributed by atoms with Crippen LogP contribution >= 0.6 is 23.1 Å². The Labute approximate surface area is 214 Å². The molecule has 35 heavy (non-hydrogen) atoms. The molecule has 184 valence electrons. The van der Waals surface area contributed by atoms with E-state index in [2.05, 4.69) is 39.9 Å². The summed E-state index contributed by atoms with van der Waals surface area (Å²) in [6, 6.07) is 14.3. The van der Waals surface area contributed by atoms with E-state index < -0.39 is 0 Å². The monoisotopic (exact) mass is 509 g/mol. The fourth-order valence-corrected chi connectivity index (χ4v) is 6.27. The number of nitrogens with zero attached hydrogens (tertiary/aromatic N) is 5. The number of rotatable bonds is 8. The highest BCUT2D eigenvalue weighted by Crippen LogP contribution is 2.31. The van der Waals surface area contributed by atoms with E-state index in [-0.39, 0.29) is 23.8 Å². The van der Waals surface area contributed by atoms with Gasteiger partial charge in [-0.3, -0.25) is 14.2 Å². The van der Waals surface area contributed by atoms with Gasteiger partial charge in [-0.25, -0.2) is 0 Å². The molecule has 3 heterocycles. The first kappa shape index (κ1) is 24.1. The summed E-state index contributed by atoms with van der Waals surface area (Å²) < 4.78 is 2.10. The van der Waals surface area contributed by atoms with Crippen LogP contribution in [0.5, 0.6) is 0 Å². The summed E-state index contributed by atoms with van der Waals surface area (Å²) in [5.74, 6) is 2.31. The fraction of sp³-hybridized carbons (Fsp3) is 0.462. The zero-order chi connectivity index (χ0) is 24.2. The number of thioether (sulfide) groups is 1. The first-order valence-electron chi connectivity index (χ1n) is 12.4. The second-order valence-corrected chi connectivity index (χ2v) is 11.3. The lowest BCUT2D eigenvalue weighted by Crippen LogP contribution is -2.57. The van der Waals surface area contributed by atoms with E-state index in [9.17, 15) is 9.59 Å². The van der Waals surface area contributed by atoms with Crippen LogP contribution in [0.4, 0.5) is 0 Å². The van der Waals surface area contributed by atoms with Crippen molar-refractivity contribution in [2.75, 3.05) is 25.4 Å². The lowest BCUT2D eigenvalue weighted by Gasteiger charge is -2.42. The molecule has 2 amide bonds. The summed E-state index contributed by atoms with van der Waals surface area (Å²) in [4.78, 5) is 30.5. The Hall–Kier alpha value is -2.65. The van der Waals surface area contributed by atoms with Crippen molar-refractivity contribution >= 4 is 34.9 Å². The van der Waals surface area contributed by atoms with Crippen molar-refractivity contribution in [3.05, 3.63) is 47.8 Å². The smallest absolute Gasteiger partial charge is 0.226 e. The number of amides is 2. The summed E-state index contributed by atoms with van der Waals surface area (Å²) in [6.45, 7) is 3.99. The van der Waals surface area contributed by atoms with Gasteiger partial charge in [0, 0.05) is 49.5 Å². The highest BCUT2D eigenvalue weighted by molar-refractivity contribution is 7.99. The predicted octanol–water partition coefficient (Wildman–Crippen LogP) is 4.73. The minimum atomic E-state index is 0.0928. The number of hydrogen-bond donors (Lipinski definition) is 0. The zero-order valence-corrected chi connectivity index (χ0v) is 21.6. The molecule has 1 aliphatic heterocycles. The molecule has 1 saturated carbocycles. The highest BCUT2D eigenvalue weighted by atomic mass is 32.2. The molecule has 7 nitrogen and oxygen atoms in total. The third-order valence-electron chi connectivity index (χ3n) is 6.87. The quantitative estimate of drug-likeness (QED) is 0.324. The molecular weight excluding hydrogens is 478 g/mol. The SMILES string of the molecule is CC1CN(C(=O)CCCSc2nnc(-c3cccs3)n2-c2ccccc2)CCN1C(=O)C1CCC1. The third-order valence-corrected chi connectivity index (χ3v) is 8.75. The van der Waals surface area contributed by atoms with E-state index >= 15 is 0 Å². The standard InChI is InChI=1S/C26H31N5O2S2/c1-19-18-29(14-15-30(19)25(33)20-8-5-9-20)23(32)13-7-17-35-26-28-27-24(22-12-6-16-34-22)31(26)21-10-3-2-4-11-21/h2-4,6,10-12,16,19-20H,5,7-9,13-15,17-18H2,1H3. The van der Waals surface area contributed by atoms with Gasteiger partial charge in [-0.1, -0.05) is 42.4 Å². The van der Waals surface area contributed by atoms with Crippen molar-refractivity contribution in [2.24, 2.45) is 5.92 Å². The molecule has 0 bridgehead atoms. The number of thiophene rings is 1. The number of aromatic nitrogens is 3. The van der Waals surface area contributed by atoms with Crippen LogP contribution in [0.2, 0.25) is 0 Å². The molecule has 5 rings (SSSR count). The topological polar surface area (TPSA) is 71.3 Å². The number of benzene rings is 1. The Bertz CT molecular complexity index is 1140. The number of carbonyl (C=O) groups excluding carboxylic acids is 2. The van der Waals surface area contributed by atoms with Crippen LogP contribution < -0.4 is 0 Å². The van der Waals surface area contributed by atoms with Crippen LogP contribution in [0, 0.1) is 5.92 Å². The highest BCUT2D eigenvalue weighted by Gasteiger charge is 2.35. The lowest BCUT2D eigenvalue weighted by molar-refractivity contribution is -0.147. The van der Waals surface area contributed by atoms with E-state index in [0.29, 0.717) is 26.1 Å².